The van der Waals surface area contributed by atoms with Gasteiger partial charge in [-0.3, -0.25) is 4.84 Å². The van der Waals surface area contributed by atoms with Crippen LogP contribution in [0.4, 0.5) is 0 Å². The van der Waals surface area contributed by atoms with Gasteiger partial charge in [0.25, 0.3) is 0 Å². The van der Waals surface area contributed by atoms with Crippen LogP contribution in [0.5, 0.6) is 0 Å². The van der Waals surface area contributed by atoms with Crippen LogP contribution in [0.1, 0.15) is 20.8 Å². The second kappa shape index (κ2) is 3.76. The number of hydroxylamine groups is 2. The fourth-order valence-corrected chi connectivity index (χ4v) is 0.578. The van der Waals surface area contributed by atoms with Crippen molar-refractivity contribution in [3.8, 4) is 0 Å². The van der Waals surface area contributed by atoms with Crippen molar-refractivity contribution >= 4 is 0 Å². The van der Waals surface area contributed by atoms with E-state index in [1.807, 2.05) is 0 Å². The lowest BCUT2D eigenvalue weighted by atomic mass is 10.4. The average molecular weight is 176 g/mol. The molecule has 1 aliphatic rings. The summed E-state index contributed by atoms with van der Waals surface area (Å²) >= 11 is 0. The topological polar surface area (TPSA) is 66.4 Å². The lowest BCUT2D eigenvalue weighted by molar-refractivity contribution is -0.504. The molecular formula is C5H12N4O3. The van der Waals surface area contributed by atoms with E-state index in [4.69, 9.17) is 9.78 Å². The van der Waals surface area contributed by atoms with Gasteiger partial charge in [-0.2, -0.15) is 0 Å². The largest absolute Gasteiger partial charge is 0.262 e. The van der Waals surface area contributed by atoms with Crippen LogP contribution in [-0.2, 0) is 9.78 Å². The van der Waals surface area contributed by atoms with Gasteiger partial charge in [-0.25, -0.2) is 0 Å². The Labute approximate surface area is 70.0 Å². The first kappa shape index (κ1) is 9.33. The molecule has 1 rings (SSSR count). The molecular weight excluding hydrogens is 164 g/mol. The molecule has 1 unspecified atom stereocenters. The first-order valence-electron chi connectivity index (χ1n) is 3.66. The van der Waals surface area contributed by atoms with Crippen LogP contribution >= 0.6 is 0 Å². The number of nitrogens with zero attached hydrogens (tertiary/aromatic N) is 3. The minimum absolute atomic E-state index is 0.114. The Balaban J connectivity index is 2.32. The molecule has 0 amide bonds. The average Bonchev–Trinajstić information content (AvgIpc) is 2.02. The first-order valence-corrected chi connectivity index (χ1v) is 3.66. The standard InChI is InChI=1S/C5H12N4O3/c1-4(2)8(6-10)12-9-5(3)11-7-9/h4-5,7H,1-3H3. The molecule has 0 spiro atoms. The lowest BCUT2D eigenvalue weighted by Gasteiger charge is -2.37. The lowest BCUT2D eigenvalue weighted by Crippen LogP contribution is -2.60. The molecule has 0 aromatic heterocycles. The van der Waals surface area contributed by atoms with Crippen LogP contribution in [0.2, 0.25) is 0 Å². The van der Waals surface area contributed by atoms with Crippen molar-refractivity contribution in [1.82, 2.24) is 15.9 Å². The molecule has 1 N–H and O–H groups in total. The van der Waals surface area contributed by atoms with Gasteiger partial charge in [-0.15, -0.1) is 20.6 Å². The quantitative estimate of drug-likeness (QED) is 0.491. The molecule has 1 saturated heterocycles. The van der Waals surface area contributed by atoms with Crippen LogP contribution < -0.4 is 5.59 Å². The Kier molecular flexibility index (Phi) is 2.93. The maximum Gasteiger partial charge on any atom is 0.173 e. The summed E-state index contributed by atoms with van der Waals surface area (Å²) in [6.45, 7) is 5.33. The summed E-state index contributed by atoms with van der Waals surface area (Å²) in [5, 5.41) is 4.88. The minimum Gasteiger partial charge on any atom is -0.262 e. The van der Waals surface area contributed by atoms with Crippen molar-refractivity contribution in [3.05, 3.63) is 4.91 Å². The summed E-state index contributed by atoms with van der Waals surface area (Å²) in [7, 11) is 0. The van der Waals surface area contributed by atoms with Crippen molar-refractivity contribution in [3.63, 3.8) is 0 Å². The summed E-state index contributed by atoms with van der Waals surface area (Å²) in [6.07, 6.45) is -0.215. The second-order valence-corrected chi connectivity index (χ2v) is 2.69. The van der Waals surface area contributed by atoms with Gasteiger partial charge in [0.1, 0.15) is 0 Å². The monoisotopic (exact) mass is 176 g/mol. The SMILES string of the molecule is CC(C)N(N=O)ON1NOC1C. The van der Waals surface area contributed by atoms with Crippen LogP contribution in [-0.4, -0.2) is 22.6 Å². The zero-order chi connectivity index (χ0) is 9.14. The Morgan fingerprint density at radius 2 is 2.42 bits per heavy atom. The summed E-state index contributed by atoms with van der Waals surface area (Å²) < 4.78 is 0. The zero-order valence-corrected chi connectivity index (χ0v) is 7.22. The fraction of sp³-hybridized carbons (Fsp3) is 1.00. The third kappa shape index (κ3) is 1.89. The van der Waals surface area contributed by atoms with E-state index in [0.717, 1.165) is 5.17 Å². The normalized spacial score (nSPS) is 23.8. The van der Waals surface area contributed by atoms with Crippen molar-refractivity contribution in [2.75, 3.05) is 0 Å². The predicted octanol–water partition coefficient (Wildman–Crippen LogP) is 0.323. The Morgan fingerprint density at radius 3 is 2.67 bits per heavy atom. The van der Waals surface area contributed by atoms with Crippen LogP contribution in [0.3, 0.4) is 0 Å². The van der Waals surface area contributed by atoms with E-state index in [1.54, 1.807) is 20.8 Å². The van der Waals surface area contributed by atoms with E-state index in [1.165, 1.54) is 5.17 Å². The van der Waals surface area contributed by atoms with Crippen molar-refractivity contribution in [1.29, 1.82) is 0 Å². The first-order chi connectivity index (χ1) is 5.65. The summed E-state index contributed by atoms with van der Waals surface area (Å²) in [5.74, 6) is 0. The van der Waals surface area contributed by atoms with E-state index < -0.39 is 0 Å². The highest BCUT2D eigenvalue weighted by molar-refractivity contribution is 4.47. The van der Waals surface area contributed by atoms with Crippen molar-refractivity contribution in [2.24, 2.45) is 5.29 Å². The molecule has 1 fully saturated rings. The van der Waals surface area contributed by atoms with Crippen LogP contribution in [0.15, 0.2) is 5.29 Å². The molecule has 0 aliphatic carbocycles. The predicted molar refractivity (Wildman–Crippen MR) is 39.4 cm³/mol. The highest BCUT2D eigenvalue weighted by Crippen LogP contribution is 2.10. The van der Waals surface area contributed by atoms with E-state index in [2.05, 4.69) is 10.9 Å². The maximum absolute atomic E-state index is 10.2. The summed E-state index contributed by atoms with van der Waals surface area (Å²) in [4.78, 5) is 19.9. The van der Waals surface area contributed by atoms with Crippen molar-refractivity contribution < 1.29 is 9.78 Å². The van der Waals surface area contributed by atoms with Gasteiger partial charge in [-0.1, -0.05) is 0 Å². The van der Waals surface area contributed by atoms with E-state index in [0.29, 0.717) is 0 Å². The molecule has 70 valence electrons. The third-order valence-corrected chi connectivity index (χ3v) is 1.34. The number of nitroso groups, excluding NO2 is 1. The van der Waals surface area contributed by atoms with Gasteiger partial charge in [0, 0.05) is 0 Å². The Morgan fingerprint density at radius 1 is 1.75 bits per heavy atom. The zero-order valence-electron chi connectivity index (χ0n) is 7.22. The maximum atomic E-state index is 10.2. The molecule has 0 radical (unpaired) electrons. The highest BCUT2D eigenvalue weighted by Gasteiger charge is 2.29. The smallest absolute Gasteiger partial charge is 0.173 e. The molecule has 0 aromatic carbocycles. The van der Waals surface area contributed by atoms with Crippen LogP contribution in [0, 0.1) is 4.91 Å². The molecule has 1 aliphatic heterocycles. The molecule has 0 bridgehead atoms. The molecule has 1 heterocycles. The summed E-state index contributed by atoms with van der Waals surface area (Å²) in [6, 6.07) is -0.114. The number of hydrogen-bond donors (Lipinski definition) is 1. The number of nitrogens with one attached hydrogen (secondary N) is 1. The van der Waals surface area contributed by atoms with Gasteiger partial charge in [0.05, 0.1) is 11.3 Å². The number of hydrogen-bond acceptors (Lipinski definition) is 6. The number of rotatable bonds is 4. The third-order valence-electron chi connectivity index (χ3n) is 1.34. The van der Waals surface area contributed by atoms with Gasteiger partial charge >= 0.3 is 0 Å². The Hall–Kier alpha value is -0.760. The molecule has 7 heteroatoms. The minimum atomic E-state index is -0.215. The molecule has 0 saturated carbocycles. The second-order valence-electron chi connectivity index (χ2n) is 2.69. The van der Waals surface area contributed by atoms with Crippen LogP contribution in [0.25, 0.3) is 0 Å². The van der Waals surface area contributed by atoms with Crippen molar-refractivity contribution in [2.45, 2.75) is 33.0 Å². The highest BCUT2D eigenvalue weighted by atomic mass is 17.0. The number of hydrazine groups is 1. The molecule has 1 atom stereocenters. The van der Waals surface area contributed by atoms with E-state index in [-0.39, 0.29) is 12.3 Å². The van der Waals surface area contributed by atoms with Gasteiger partial charge in [0.15, 0.2) is 6.23 Å². The summed E-state index contributed by atoms with van der Waals surface area (Å²) in [5.41, 5.74) is 2.39. The Bertz CT molecular complexity index is 165. The fourth-order valence-electron chi connectivity index (χ4n) is 0.578. The molecule has 12 heavy (non-hydrogen) atoms. The molecule has 0 aromatic rings. The van der Waals surface area contributed by atoms with E-state index in [9.17, 15) is 4.91 Å². The van der Waals surface area contributed by atoms with Gasteiger partial charge < -0.3 is 0 Å². The van der Waals surface area contributed by atoms with E-state index >= 15 is 0 Å². The van der Waals surface area contributed by atoms with Gasteiger partial charge in [-0.05, 0) is 25.9 Å². The molecule has 7 nitrogen and oxygen atoms in total. The van der Waals surface area contributed by atoms with Gasteiger partial charge in [0.2, 0.25) is 0 Å².